The van der Waals surface area contributed by atoms with Gasteiger partial charge in [0.15, 0.2) is 0 Å². The first kappa shape index (κ1) is 14.3. The molecule has 1 aromatic heterocycles. The molecule has 19 heavy (non-hydrogen) atoms. The number of hydrogen-bond donors (Lipinski definition) is 1. The number of nitrogens with one attached hydrogen (secondary N) is 1. The minimum Gasteiger partial charge on any atom is -0.314 e. The molecule has 2 atom stereocenters. The van der Waals surface area contributed by atoms with E-state index >= 15 is 0 Å². The summed E-state index contributed by atoms with van der Waals surface area (Å²) in [4.78, 5) is 11.8. The molecule has 0 saturated heterocycles. The number of pyridine rings is 1. The van der Waals surface area contributed by atoms with Gasteiger partial charge in [-0.25, -0.2) is 0 Å². The summed E-state index contributed by atoms with van der Waals surface area (Å²) in [6.07, 6.45) is 6.25. The van der Waals surface area contributed by atoms with Gasteiger partial charge in [0.25, 0.3) is 5.56 Å². The lowest BCUT2D eigenvalue weighted by Crippen LogP contribution is -2.34. The van der Waals surface area contributed by atoms with Crippen LogP contribution in [-0.4, -0.2) is 17.2 Å². The maximum Gasteiger partial charge on any atom is 0.250 e. The van der Waals surface area contributed by atoms with Crippen LogP contribution in [0.25, 0.3) is 0 Å². The summed E-state index contributed by atoms with van der Waals surface area (Å²) in [6.45, 7) is 6.21. The van der Waals surface area contributed by atoms with Crippen molar-refractivity contribution >= 4 is 0 Å². The summed E-state index contributed by atoms with van der Waals surface area (Å²) in [5.74, 6) is 0.734. The van der Waals surface area contributed by atoms with Crippen molar-refractivity contribution in [2.75, 3.05) is 6.54 Å². The Bertz CT molecular complexity index is 452. The van der Waals surface area contributed by atoms with Crippen molar-refractivity contribution in [1.29, 1.82) is 0 Å². The Morgan fingerprint density at radius 1 is 1.37 bits per heavy atom. The van der Waals surface area contributed by atoms with E-state index in [-0.39, 0.29) is 5.56 Å². The van der Waals surface area contributed by atoms with Crippen LogP contribution in [0.15, 0.2) is 23.0 Å². The van der Waals surface area contributed by atoms with Crippen molar-refractivity contribution in [3.63, 3.8) is 0 Å². The summed E-state index contributed by atoms with van der Waals surface area (Å²) in [5.41, 5.74) is 1.21. The van der Waals surface area contributed by atoms with Crippen LogP contribution < -0.4 is 10.9 Å². The van der Waals surface area contributed by atoms with Crippen LogP contribution >= 0.6 is 0 Å². The SMILES string of the molecule is CCCNC1CCCC1CCn1c(C)cccc1=O. The summed E-state index contributed by atoms with van der Waals surface area (Å²) < 4.78 is 1.91. The standard InChI is InChI=1S/C16H26N2O/c1-3-11-17-15-8-5-7-14(15)10-12-18-13(2)6-4-9-16(18)19/h4,6,9,14-15,17H,3,5,7-8,10-12H2,1-2H3. The van der Waals surface area contributed by atoms with Gasteiger partial charge < -0.3 is 9.88 Å². The van der Waals surface area contributed by atoms with E-state index in [0.29, 0.717) is 6.04 Å². The normalized spacial score (nSPS) is 22.8. The molecule has 3 nitrogen and oxygen atoms in total. The van der Waals surface area contributed by atoms with Gasteiger partial charge in [-0.05, 0) is 51.1 Å². The second kappa shape index (κ2) is 6.90. The summed E-state index contributed by atoms with van der Waals surface area (Å²) in [5, 5.41) is 3.66. The van der Waals surface area contributed by atoms with Crippen LogP contribution in [0, 0.1) is 12.8 Å². The first-order valence-corrected chi connectivity index (χ1v) is 7.62. The van der Waals surface area contributed by atoms with E-state index in [4.69, 9.17) is 0 Å². The predicted octanol–water partition coefficient (Wildman–Crippen LogP) is 2.72. The van der Waals surface area contributed by atoms with Gasteiger partial charge in [0, 0.05) is 24.3 Å². The molecule has 0 amide bonds. The lowest BCUT2D eigenvalue weighted by atomic mass is 9.99. The summed E-state index contributed by atoms with van der Waals surface area (Å²) in [7, 11) is 0. The number of hydrogen-bond acceptors (Lipinski definition) is 2. The molecule has 1 fully saturated rings. The minimum atomic E-state index is 0.135. The first-order valence-electron chi connectivity index (χ1n) is 7.62. The van der Waals surface area contributed by atoms with Crippen LogP contribution in [0.5, 0.6) is 0 Å². The van der Waals surface area contributed by atoms with Gasteiger partial charge in [0.2, 0.25) is 0 Å². The third-order valence-corrected chi connectivity index (χ3v) is 4.31. The Kier molecular flexibility index (Phi) is 5.20. The Morgan fingerprint density at radius 2 is 2.21 bits per heavy atom. The smallest absolute Gasteiger partial charge is 0.250 e. The largest absolute Gasteiger partial charge is 0.314 e. The molecule has 0 aliphatic heterocycles. The van der Waals surface area contributed by atoms with Crippen molar-refractivity contribution in [1.82, 2.24) is 9.88 Å². The molecule has 0 radical (unpaired) electrons. The Hall–Kier alpha value is -1.09. The molecule has 1 saturated carbocycles. The molecule has 0 bridgehead atoms. The molecular formula is C16H26N2O. The van der Waals surface area contributed by atoms with Crippen LogP contribution in [0.1, 0.15) is 44.7 Å². The number of rotatable bonds is 6. The number of aryl methyl sites for hydroxylation is 1. The highest BCUT2D eigenvalue weighted by Crippen LogP contribution is 2.28. The fraction of sp³-hybridized carbons (Fsp3) is 0.688. The van der Waals surface area contributed by atoms with Gasteiger partial charge in [0.05, 0.1) is 0 Å². The molecule has 3 heteroatoms. The highest BCUT2D eigenvalue weighted by molar-refractivity contribution is 5.04. The Labute approximate surface area is 116 Å². The first-order chi connectivity index (χ1) is 9.22. The highest BCUT2D eigenvalue weighted by atomic mass is 16.1. The molecule has 0 spiro atoms. The lowest BCUT2D eigenvalue weighted by molar-refractivity contribution is 0.358. The van der Waals surface area contributed by atoms with E-state index < -0.39 is 0 Å². The number of aromatic nitrogens is 1. The van der Waals surface area contributed by atoms with Crippen LogP contribution in [0.2, 0.25) is 0 Å². The van der Waals surface area contributed by atoms with E-state index in [2.05, 4.69) is 12.2 Å². The molecule has 1 aliphatic carbocycles. The van der Waals surface area contributed by atoms with Gasteiger partial charge >= 0.3 is 0 Å². The van der Waals surface area contributed by atoms with Gasteiger partial charge in [-0.3, -0.25) is 4.79 Å². The average molecular weight is 262 g/mol. The van der Waals surface area contributed by atoms with Gasteiger partial charge in [-0.2, -0.15) is 0 Å². The van der Waals surface area contributed by atoms with E-state index in [1.54, 1.807) is 6.07 Å². The van der Waals surface area contributed by atoms with Crippen molar-refractivity contribution in [3.05, 3.63) is 34.2 Å². The zero-order chi connectivity index (χ0) is 13.7. The molecule has 1 aromatic rings. The van der Waals surface area contributed by atoms with E-state index in [1.807, 2.05) is 23.6 Å². The highest BCUT2D eigenvalue weighted by Gasteiger charge is 2.26. The van der Waals surface area contributed by atoms with Crippen molar-refractivity contribution in [2.45, 2.75) is 58.5 Å². The molecule has 0 aromatic carbocycles. The van der Waals surface area contributed by atoms with Crippen LogP contribution in [0.3, 0.4) is 0 Å². The van der Waals surface area contributed by atoms with Crippen molar-refractivity contribution < 1.29 is 0 Å². The van der Waals surface area contributed by atoms with Crippen molar-refractivity contribution in [3.8, 4) is 0 Å². The Balaban J connectivity index is 1.92. The molecule has 2 unspecified atom stereocenters. The molecule has 1 N–H and O–H groups in total. The Morgan fingerprint density at radius 3 is 2.95 bits per heavy atom. The topological polar surface area (TPSA) is 34.0 Å². The van der Waals surface area contributed by atoms with Crippen molar-refractivity contribution in [2.24, 2.45) is 5.92 Å². The predicted molar refractivity (Wildman–Crippen MR) is 79.5 cm³/mol. The molecule has 106 valence electrons. The van der Waals surface area contributed by atoms with Crippen LogP contribution in [0.4, 0.5) is 0 Å². The minimum absolute atomic E-state index is 0.135. The summed E-state index contributed by atoms with van der Waals surface area (Å²) in [6, 6.07) is 6.19. The molecular weight excluding hydrogens is 236 g/mol. The van der Waals surface area contributed by atoms with E-state index in [0.717, 1.165) is 31.1 Å². The monoisotopic (exact) mass is 262 g/mol. The fourth-order valence-corrected chi connectivity index (χ4v) is 3.19. The quantitative estimate of drug-likeness (QED) is 0.855. The van der Waals surface area contributed by atoms with Gasteiger partial charge in [0.1, 0.15) is 0 Å². The molecule has 1 aliphatic rings. The second-order valence-corrected chi connectivity index (χ2v) is 5.70. The molecule has 2 rings (SSSR count). The third-order valence-electron chi connectivity index (χ3n) is 4.31. The maximum absolute atomic E-state index is 11.8. The van der Waals surface area contributed by atoms with E-state index in [9.17, 15) is 4.79 Å². The van der Waals surface area contributed by atoms with Gasteiger partial charge in [-0.15, -0.1) is 0 Å². The number of nitrogens with zero attached hydrogens (tertiary/aromatic N) is 1. The van der Waals surface area contributed by atoms with Gasteiger partial charge in [-0.1, -0.05) is 19.4 Å². The third kappa shape index (κ3) is 3.69. The summed E-state index contributed by atoms with van der Waals surface area (Å²) >= 11 is 0. The fourth-order valence-electron chi connectivity index (χ4n) is 3.19. The average Bonchev–Trinajstić information content (AvgIpc) is 2.83. The second-order valence-electron chi connectivity index (χ2n) is 5.70. The molecule has 1 heterocycles. The zero-order valence-corrected chi connectivity index (χ0v) is 12.2. The zero-order valence-electron chi connectivity index (χ0n) is 12.2. The maximum atomic E-state index is 11.8. The lowest BCUT2D eigenvalue weighted by Gasteiger charge is -2.21. The van der Waals surface area contributed by atoms with Crippen LogP contribution in [-0.2, 0) is 6.54 Å². The van der Waals surface area contributed by atoms with E-state index in [1.165, 1.54) is 25.7 Å².